The van der Waals surface area contributed by atoms with Gasteiger partial charge in [0.25, 0.3) is 0 Å². The molecule has 0 radical (unpaired) electrons. The molecule has 1 aromatic carbocycles. The smallest absolute Gasteiger partial charge is 0.230 e. The SMILES string of the molecule is COc1cc(-c2cnc(N)nc2Nc2cc(C3CCCCC3)no2)cc(OC)c1OC. The number of ether oxygens (including phenoxy) is 3. The summed E-state index contributed by atoms with van der Waals surface area (Å²) in [6.07, 6.45) is 7.68. The van der Waals surface area contributed by atoms with Crippen LogP contribution in [0, 0.1) is 0 Å². The first-order chi connectivity index (χ1) is 15.1. The van der Waals surface area contributed by atoms with Crippen LogP contribution in [0.2, 0.25) is 0 Å². The van der Waals surface area contributed by atoms with Gasteiger partial charge in [0.2, 0.25) is 17.6 Å². The Hall–Kier alpha value is -3.49. The van der Waals surface area contributed by atoms with Gasteiger partial charge in [-0.3, -0.25) is 0 Å². The van der Waals surface area contributed by atoms with Gasteiger partial charge in [-0.05, 0) is 30.5 Å². The summed E-state index contributed by atoms with van der Waals surface area (Å²) in [7, 11) is 4.70. The predicted molar refractivity (Wildman–Crippen MR) is 117 cm³/mol. The number of nitrogen functional groups attached to an aromatic ring is 1. The van der Waals surface area contributed by atoms with Crippen molar-refractivity contribution in [2.75, 3.05) is 32.4 Å². The van der Waals surface area contributed by atoms with Crippen molar-refractivity contribution in [3.63, 3.8) is 0 Å². The molecule has 3 aromatic rings. The Morgan fingerprint density at radius 3 is 2.35 bits per heavy atom. The van der Waals surface area contributed by atoms with E-state index in [9.17, 15) is 0 Å². The molecular weight excluding hydrogens is 398 g/mol. The summed E-state index contributed by atoms with van der Waals surface area (Å²) in [6, 6.07) is 5.60. The number of aromatic nitrogens is 3. The van der Waals surface area contributed by atoms with Crippen LogP contribution in [-0.2, 0) is 0 Å². The highest BCUT2D eigenvalue weighted by Crippen LogP contribution is 2.43. The Morgan fingerprint density at radius 2 is 1.71 bits per heavy atom. The molecule has 1 fully saturated rings. The van der Waals surface area contributed by atoms with Gasteiger partial charge in [-0.1, -0.05) is 24.4 Å². The first-order valence-corrected chi connectivity index (χ1v) is 10.3. The van der Waals surface area contributed by atoms with Crippen LogP contribution in [0.5, 0.6) is 17.2 Å². The van der Waals surface area contributed by atoms with Gasteiger partial charge in [-0.15, -0.1) is 0 Å². The lowest BCUT2D eigenvalue weighted by molar-refractivity contribution is 0.324. The van der Waals surface area contributed by atoms with Crippen LogP contribution in [0.25, 0.3) is 11.1 Å². The van der Waals surface area contributed by atoms with Crippen molar-refractivity contribution in [3.8, 4) is 28.4 Å². The second-order valence-electron chi connectivity index (χ2n) is 7.48. The van der Waals surface area contributed by atoms with Gasteiger partial charge in [-0.2, -0.15) is 4.98 Å². The Bertz CT molecular complexity index is 1020. The van der Waals surface area contributed by atoms with Crippen molar-refractivity contribution in [1.82, 2.24) is 15.1 Å². The highest BCUT2D eigenvalue weighted by atomic mass is 16.5. The van der Waals surface area contributed by atoms with Crippen LogP contribution in [0.1, 0.15) is 43.7 Å². The number of methoxy groups -OCH3 is 3. The van der Waals surface area contributed by atoms with Gasteiger partial charge in [0.1, 0.15) is 5.82 Å². The molecule has 0 spiro atoms. The maximum absolute atomic E-state index is 5.86. The van der Waals surface area contributed by atoms with Crippen molar-refractivity contribution >= 4 is 17.7 Å². The molecule has 2 heterocycles. The van der Waals surface area contributed by atoms with Crippen LogP contribution in [-0.4, -0.2) is 36.5 Å². The quantitative estimate of drug-likeness (QED) is 0.563. The van der Waals surface area contributed by atoms with Gasteiger partial charge < -0.3 is 29.8 Å². The van der Waals surface area contributed by atoms with Crippen LogP contribution in [0.4, 0.5) is 17.7 Å². The highest BCUT2D eigenvalue weighted by Gasteiger charge is 2.21. The van der Waals surface area contributed by atoms with Gasteiger partial charge in [0.05, 0.1) is 27.0 Å². The molecular formula is C22H27N5O4. The van der Waals surface area contributed by atoms with E-state index in [-0.39, 0.29) is 5.95 Å². The Labute approximate surface area is 180 Å². The molecule has 1 aliphatic rings. The zero-order chi connectivity index (χ0) is 21.8. The van der Waals surface area contributed by atoms with Gasteiger partial charge in [-0.25, -0.2) is 4.98 Å². The standard InChI is InChI=1S/C22H27N5O4/c1-28-17-9-14(10-18(29-2)20(17)30-3)15-12-24-22(23)26-21(15)25-19-11-16(27-31-19)13-7-5-4-6-8-13/h9-13H,4-8H2,1-3H3,(H3,23,24,25,26). The molecule has 2 aromatic heterocycles. The van der Waals surface area contributed by atoms with Gasteiger partial charge in [0, 0.05) is 23.7 Å². The van der Waals surface area contributed by atoms with Crippen molar-refractivity contribution < 1.29 is 18.7 Å². The zero-order valence-electron chi connectivity index (χ0n) is 18.0. The third kappa shape index (κ3) is 4.35. The molecule has 4 rings (SSSR count). The predicted octanol–water partition coefficient (Wildman–Crippen LogP) is 4.53. The number of nitrogens with one attached hydrogen (secondary N) is 1. The van der Waals surface area contributed by atoms with E-state index < -0.39 is 0 Å². The summed E-state index contributed by atoms with van der Waals surface area (Å²) < 4.78 is 21.9. The van der Waals surface area contributed by atoms with E-state index in [0.717, 1.165) is 24.1 Å². The molecule has 31 heavy (non-hydrogen) atoms. The van der Waals surface area contributed by atoms with E-state index in [1.807, 2.05) is 18.2 Å². The maximum atomic E-state index is 5.86. The molecule has 9 nitrogen and oxygen atoms in total. The second-order valence-corrected chi connectivity index (χ2v) is 7.48. The van der Waals surface area contributed by atoms with E-state index in [1.165, 1.54) is 19.3 Å². The van der Waals surface area contributed by atoms with Crippen LogP contribution in [0.15, 0.2) is 28.9 Å². The number of hydrogen-bond donors (Lipinski definition) is 2. The molecule has 3 N–H and O–H groups in total. The molecule has 0 amide bonds. The fourth-order valence-corrected chi connectivity index (χ4v) is 3.99. The number of rotatable bonds is 7. The van der Waals surface area contributed by atoms with E-state index in [2.05, 4.69) is 20.4 Å². The second kappa shape index (κ2) is 9.11. The zero-order valence-corrected chi connectivity index (χ0v) is 18.0. The van der Waals surface area contributed by atoms with Crippen LogP contribution >= 0.6 is 0 Å². The first kappa shape index (κ1) is 20.8. The number of nitrogens with zero attached hydrogens (tertiary/aromatic N) is 3. The minimum absolute atomic E-state index is 0.144. The monoisotopic (exact) mass is 425 g/mol. The lowest BCUT2D eigenvalue weighted by Gasteiger charge is -2.18. The normalized spacial score (nSPS) is 14.3. The first-order valence-electron chi connectivity index (χ1n) is 10.3. The molecule has 1 saturated carbocycles. The lowest BCUT2D eigenvalue weighted by atomic mass is 9.87. The Morgan fingerprint density at radius 1 is 1.00 bits per heavy atom. The van der Waals surface area contributed by atoms with E-state index >= 15 is 0 Å². The van der Waals surface area contributed by atoms with Crippen LogP contribution < -0.4 is 25.3 Å². The molecule has 0 bridgehead atoms. The van der Waals surface area contributed by atoms with Gasteiger partial charge in [0.15, 0.2) is 11.5 Å². The number of benzene rings is 1. The maximum Gasteiger partial charge on any atom is 0.230 e. The minimum Gasteiger partial charge on any atom is -0.493 e. The van der Waals surface area contributed by atoms with Crippen molar-refractivity contribution in [1.29, 1.82) is 0 Å². The Kier molecular flexibility index (Phi) is 6.11. The average molecular weight is 425 g/mol. The lowest BCUT2D eigenvalue weighted by Crippen LogP contribution is -2.04. The summed E-state index contributed by atoms with van der Waals surface area (Å²) in [5.41, 5.74) is 8.30. The summed E-state index contributed by atoms with van der Waals surface area (Å²) in [5.74, 6) is 3.15. The molecule has 164 valence electrons. The third-order valence-corrected chi connectivity index (χ3v) is 5.58. The molecule has 0 saturated heterocycles. The largest absolute Gasteiger partial charge is 0.493 e. The fourth-order valence-electron chi connectivity index (χ4n) is 3.99. The fraction of sp³-hybridized carbons (Fsp3) is 0.409. The summed E-state index contributed by atoms with van der Waals surface area (Å²) in [5, 5.41) is 7.47. The average Bonchev–Trinajstić information content (AvgIpc) is 3.27. The topological polar surface area (TPSA) is 118 Å². The molecule has 9 heteroatoms. The van der Waals surface area contributed by atoms with Crippen molar-refractivity contribution in [3.05, 3.63) is 30.1 Å². The number of nitrogens with two attached hydrogens (primary N) is 1. The summed E-state index contributed by atoms with van der Waals surface area (Å²) in [4.78, 5) is 8.53. The molecule has 0 unspecified atom stereocenters. The number of anilines is 3. The minimum atomic E-state index is 0.144. The molecule has 0 atom stereocenters. The third-order valence-electron chi connectivity index (χ3n) is 5.58. The molecule has 0 aliphatic heterocycles. The summed E-state index contributed by atoms with van der Waals surface area (Å²) in [6.45, 7) is 0. The van der Waals surface area contributed by atoms with E-state index in [4.69, 9.17) is 24.5 Å². The van der Waals surface area contributed by atoms with Crippen molar-refractivity contribution in [2.24, 2.45) is 0 Å². The highest BCUT2D eigenvalue weighted by molar-refractivity contribution is 5.80. The summed E-state index contributed by atoms with van der Waals surface area (Å²) >= 11 is 0. The van der Waals surface area contributed by atoms with E-state index in [1.54, 1.807) is 27.5 Å². The van der Waals surface area contributed by atoms with Crippen LogP contribution in [0.3, 0.4) is 0 Å². The van der Waals surface area contributed by atoms with E-state index in [0.29, 0.717) is 40.4 Å². The molecule has 1 aliphatic carbocycles. The Balaban J connectivity index is 1.68. The van der Waals surface area contributed by atoms with Crippen molar-refractivity contribution in [2.45, 2.75) is 38.0 Å². The van der Waals surface area contributed by atoms with Gasteiger partial charge >= 0.3 is 0 Å². The number of hydrogen-bond acceptors (Lipinski definition) is 9.